The zero-order chi connectivity index (χ0) is 16.9. The number of nitrogens with one attached hydrogen (secondary N) is 2. The highest BCUT2D eigenvalue weighted by Crippen LogP contribution is 2.22. The van der Waals surface area contributed by atoms with E-state index in [2.05, 4.69) is 15.5 Å². The van der Waals surface area contributed by atoms with Crippen LogP contribution in [0.3, 0.4) is 0 Å². The minimum atomic E-state index is -0.519. The quantitative estimate of drug-likeness (QED) is 0.675. The summed E-state index contributed by atoms with van der Waals surface area (Å²) in [5.74, 6) is -0.723. The molecule has 0 fully saturated rings. The number of aromatic amines is 1. The van der Waals surface area contributed by atoms with Gasteiger partial charge in [-0.1, -0.05) is 30.3 Å². The van der Waals surface area contributed by atoms with Crippen LogP contribution >= 0.6 is 0 Å². The summed E-state index contributed by atoms with van der Waals surface area (Å²) in [7, 11) is 0. The molecular formula is C18H16FN3O2. The molecule has 0 aliphatic carbocycles. The predicted octanol–water partition coefficient (Wildman–Crippen LogP) is 2.68. The SMILES string of the molecule is O=C(N[C@H](CO)c1ccccc1)c1cn[nH]c1-c1ccc(F)cc1. The Labute approximate surface area is 138 Å². The second kappa shape index (κ2) is 7.06. The van der Waals surface area contributed by atoms with Gasteiger partial charge in [0.1, 0.15) is 5.82 Å². The van der Waals surface area contributed by atoms with E-state index < -0.39 is 6.04 Å². The van der Waals surface area contributed by atoms with Gasteiger partial charge in [0.15, 0.2) is 0 Å². The molecule has 2 aromatic carbocycles. The second-order valence-corrected chi connectivity index (χ2v) is 5.28. The molecule has 1 aromatic heterocycles. The lowest BCUT2D eigenvalue weighted by atomic mass is 10.1. The summed E-state index contributed by atoms with van der Waals surface area (Å²) in [6.45, 7) is -0.223. The normalized spacial score (nSPS) is 11.9. The molecule has 0 aliphatic heterocycles. The first kappa shape index (κ1) is 15.9. The van der Waals surface area contributed by atoms with E-state index in [4.69, 9.17) is 0 Å². The molecular weight excluding hydrogens is 309 g/mol. The van der Waals surface area contributed by atoms with Crippen LogP contribution in [0, 0.1) is 5.82 Å². The minimum Gasteiger partial charge on any atom is -0.394 e. The number of hydrogen-bond donors (Lipinski definition) is 3. The maximum Gasteiger partial charge on any atom is 0.255 e. The number of benzene rings is 2. The van der Waals surface area contributed by atoms with Gasteiger partial charge in [-0.15, -0.1) is 0 Å². The van der Waals surface area contributed by atoms with Crippen molar-refractivity contribution in [3.63, 3.8) is 0 Å². The fourth-order valence-electron chi connectivity index (χ4n) is 2.45. The Bertz CT molecular complexity index is 816. The zero-order valence-corrected chi connectivity index (χ0v) is 12.7. The summed E-state index contributed by atoms with van der Waals surface area (Å²) in [6, 6.07) is 14.5. The van der Waals surface area contributed by atoms with Crippen LogP contribution in [0.25, 0.3) is 11.3 Å². The molecule has 0 saturated heterocycles. The van der Waals surface area contributed by atoms with Crippen molar-refractivity contribution in [2.75, 3.05) is 6.61 Å². The Balaban J connectivity index is 1.83. The molecule has 0 unspecified atom stereocenters. The van der Waals surface area contributed by atoms with Gasteiger partial charge in [-0.25, -0.2) is 4.39 Å². The molecule has 6 heteroatoms. The number of rotatable bonds is 5. The average molecular weight is 325 g/mol. The Morgan fingerprint density at radius 2 is 1.88 bits per heavy atom. The third-order valence-electron chi connectivity index (χ3n) is 3.71. The molecule has 5 nitrogen and oxygen atoms in total. The van der Waals surface area contributed by atoms with E-state index in [-0.39, 0.29) is 18.3 Å². The van der Waals surface area contributed by atoms with Crippen LogP contribution in [-0.2, 0) is 0 Å². The highest BCUT2D eigenvalue weighted by atomic mass is 19.1. The summed E-state index contributed by atoms with van der Waals surface area (Å²) in [6.07, 6.45) is 1.41. The van der Waals surface area contributed by atoms with Crippen LogP contribution < -0.4 is 5.32 Å². The maximum atomic E-state index is 13.1. The number of carbonyl (C=O) groups excluding carboxylic acids is 1. The second-order valence-electron chi connectivity index (χ2n) is 5.28. The number of carbonyl (C=O) groups is 1. The van der Waals surface area contributed by atoms with E-state index in [1.807, 2.05) is 30.3 Å². The maximum absolute atomic E-state index is 13.1. The molecule has 24 heavy (non-hydrogen) atoms. The number of aliphatic hydroxyl groups excluding tert-OH is 1. The molecule has 0 aliphatic rings. The third kappa shape index (κ3) is 3.33. The van der Waals surface area contributed by atoms with Gasteiger partial charge in [0.2, 0.25) is 0 Å². The van der Waals surface area contributed by atoms with Crippen molar-refractivity contribution in [2.24, 2.45) is 0 Å². The number of nitrogens with zero attached hydrogens (tertiary/aromatic N) is 1. The van der Waals surface area contributed by atoms with E-state index in [0.717, 1.165) is 5.56 Å². The summed E-state index contributed by atoms with van der Waals surface area (Å²) in [5.41, 5.74) is 2.28. The van der Waals surface area contributed by atoms with Gasteiger partial charge in [0.25, 0.3) is 5.91 Å². The van der Waals surface area contributed by atoms with E-state index in [9.17, 15) is 14.3 Å². The van der Waals surface area contributed by atoms with Crippen molar-refractivity contribution in [1.29, 1.82) is 0 Å². The number of aromatic nitrogens is 2. The summed E-state index contributed by atoms with van der Waals surface area (Å²) < 4.78 is 13.1. The number of H-pyrrole nitrogens is 1. The van der Waals surface area contributed by atoms with Crippen molar-refractivity contribution in [2.45, 2.75) is 6.04 Å². The Hall–Kier alpha value is -2.99. The van der Waals surface area contributed by atoms with Crippen molar-refractivity contribution in [1.82, 2.24) is 15.5 Å². The van der Waals surface area contributed by atoms with Crippen LogP contribution in [0.15, 0.2) is 60.8 Å². The highest BCUT2D eigenvalue weighted by molar-refractivity contribution is 5.99. The van der Waals surface area contributed by atoms with Gasteiger partial charge in [0, 0.05) is 5.56 Å². The van der Waals surface area contributed by atoms with Crippen molar-refractivity contribution in [3.05, 3.63) is 77.7 Å². The predicted molar refractivity (Wildman–Crippen MR) is 87.7 cm³/mol. The van der Waals surface area contributed by atoms with E-state index in [1.165, 1.54) is 18.3 Å². The highest BCUT2D eigenvalue weighted by Gasteiger charge is 2.19. The van der Waals surface area contributed by atoms with E-state index in [0.29, 0.717) is 16.8 Å². The lowest BCUT2D eigenvalue weighted by Crippen LogP contribution is -2.30. The number of halogens is 1. The molecule has 3 N–H and O–H groups in total. The molecule has 1 atom stereocenters. The first-order chi connectivity index (χ1) is 11.7. The first-order valence-corrected chi connectivity index (χ1v) is 7.45. The third-order valence-corrected chi connectivity index (χ3v) is 3.71. The number of hydrogen-bond acceptors (Lipinski definition) is 3. The summed E-state index contributed by atoms with van der Waals surface area (Å²) >= 11 is 0. The molecule has 1 heterocycles. The summed E-state index contributed by atoms with van der Waals surface area (Å²) in [4.78, 5) is 12.6. The smallest absolute Gasteiger partial charge is 0.255 e. The Morgan fingerprint density at radius 1 is 1.17 bits per heavy atom. The molecule has 3 rings (SSSR count). The van der Waals surface area contributed by atoms with Gasteiger partial charge in [-0.2, -0.15) is 5.10 Å². The molecule has 3 aromatic rings. The minimum absolute atomic E-state index is 0.223. The Morgan fingerprint density at radius 3 is 2.54 bits per heavy atom. The fraction of sp³-hybridized carbons (Fsp3) is 0.111. The molecule has 0 radical (unpaired) electrons. The van der Waals surface area contributed by atoms with Gasteiger partial charge >= 0.3 is 0 Å². The summed E-state index contributed by atoms with van der Waals surface area (Å²) in [5, 5.41) is 19.0. The fourth-order valence-corrected chi connectivity index (χ4v) is 2.45. The van der Waals surface area contributed by atoms with Crippen molar-refractivity contribution < 1.29 is 14.3 Å². The number of aliphatic hydroxyl groups is 1. The molecule has 0 saturated carbocycles. The van der Waals surface area contributed by atoms with Crippen LogP contribution in [-0.4, -0.2) is 27.8 Å². The van der Waals surface area contributed by atoms with Crippen LogP contribution in [0.2, 0.25) is 0 Å². The van der Waals surface area contributed by atoms with E-state index in [1.54, 1.807) is 12.1 Å². The van der Waals surface area contributed by atoms with Crippen LogP contribution in [0.5, 0.6) is 0 Å². The van der Waals surface area contributed by atoms with Gasteiger partial charge < -0.3 is 10.4 Å². The Kier molecular flexibility index (Phi) is 4.67. The van der Waals surface area contributed by atoms with Crippen LogP contribution in [0.1, 0.15) is 22.0 Å². The van der Waals surface area contributed by atoms with Crippen molar-refractivity contribution in [3.8, 4) is 11.3 Å². The first-order valence-electron chi connectivity index (χ1n) is 7.45. The van der Waals surface area contributed by atoms with E-state index >= 15 is 0 Å². The van der Waals surface area contributed by atoms with Crippen molar-refractivity contribution >= 4 is 5.91 Å². The zero-order valence-electron chi connectivity index (χ0n) is 12.7. The standard InChI is InChI=1S/C18H16FN3O2/c19-14-8-6-13(7-9-14)17-15(10-20-22-17)18(24)21-16(11-23)12-4-2-1-3-5-12/h1-10,16,23H,11H2,(H,20,22)(H,21,24)/t16-/m1/s1. The van der Waals surface area contributed by atoms with Gasteiger partial charge in [-0.3, -0.25) is 9.89 Å². The lowest BCUT2D eigenvalue weighted by Gasteiger charge is -2.16. The average Bonchev–Trinajstić information content (AvgIpc) is 3.10. The molecule has 122 valence electrons. The molecule has 0 spiro atoms. The largest absolute Gasteiger partial charge is 0.394 e. The molecule has 0 bridgehead atoms. The molecule has 1 amide bonds. The van der Waals surface area contributed by atoms with Gasteiger partial charge in [0.05, 0.1) is 30.1 Å². The lowest BCUT2D eigenvalue weighted by molar-refractivity contribution is 0.0917. The monoisotopic (exact) mass is 325 g/mol. The van der Waals surface area contributed by atoms with Crippen LogP contribution in [0.4, 0.5) is 4.39 Å². The number of amides is 1. The van der Waals surface area contributed by atoms with Gasteiger partial charge in [-0.05, 0) is 29.8 Å². The topological polar surface area (TPSA) is 78.0 Å².